The summed E-state index contributed by atoms with van der Waals surface area (Å²) in [5.74, 6) is 0.546. The zero-order valence-electron chi connectivity index (χ0n) is 12.5. The standard InChI is InChI=1S/C16H21N3O2/c1-3-12(4-2)18-16(20)15-11-19(10-9-17)13-7-5-6-8-14(13)21-15/h5-8,12,15H,3-4,10-11H2,1-2H3,(H,18,20)/t15-/m0/s1. The molecule has 0 radical (unpaired) electrons. The number of benzene rings is 1. The molecule has 1 aliphatic rings. The van der Waals surface area contributed by atoms with Gasteiger partial charge in [-0.1, -0.05) is 26.0 Å². The molecule has 1 aliphatic heterocycles. The molecule has 1 N–H and O–H groups in total. The van der Waals surface area contributed by atoms with Crippen LogP contribution >= 0.6 is 0 Å². The van der Waals surface area contributed by atoms with Crippen LogP contribution in [0.15, 0.2) is 24.3 Å². The van der Waals surface area contributed by atoms with E-state index in [4.69, 9.17) is 10.00 Å². The number of nitriles is 1. The number of rotatable bonds is 5. The molecule has 1 amide bonds. The van der Waals surface area contributed by atoms with Gasteiger partial charge < -0.3 is 15.0 Å². The molecule has 0 unspecified atom stereocenters. The number of hydrogen-bond acceptors (Lipinski definition) is 4. The third-order valence-corrected chi connectivity index (χ3v) is 3.75. The summed E-state index contributed by atoms with van der Waals surface area (Å²) in [4.78, 5) is 14.2. The summed E-state index contributed by atoms with van der Waals surface area (Å²) in [6.45, 7) is 4.74. The second-order valence-corrected chi connectivity index (χ2v) is 5.13. The monoisotopic (exact) mass is 287 g/mol. The van der Waals surface area contributed by atoms with E-state index >= 15 is 0 Å². The van der Waals surface area contributed by atoms with Crippen LogP contribution in [0, 0.1) is 11.3 Å². The summed E-state index contributed by atoms with van der Waals surface area (Å²) in [7, 11) is 0. The molecule has 1 atom stereocenters. The molecular weight excluding hydrogens is 266 g/mol. The van der Waals surface area contributed by atoms with Crippen molar-refractivity contribution >= 4 is 11.6 Å². The Morgan fingerprint density at radius 2 is 2.19 bits per heavy atom. The number of hydrogen-bond donors (Lipinski definition) is 1. The lowest BCUT2D eigenvalue weighted by molar-refractivity contribution is -0.128. The van der Waals surface area contributed by atoms with Gasteiger partial charge in [0.15, 0.2) is 6.10 Å². The van der Waals surface area contributed by atoms with Crippen molar-refractivity contribution in [1.29, 1.82) is 5.26 Å². The van der Waals surface area contributed by atoms with E-state index in [1.165, 1.54) is 0 Å². The number of anilines is 1. The number of carbonyl (C=O) groups excluding carboxylic acids is 1. The Morgan fingerprint density at radius 3 is 2.86 bits per heavy atom. The largest absolute Gasteiger partial charge is 0.477 e. The first-order valence-corrected chi connectivity index (χ1v) is 7.37. The minimum Gasteiger partial charge on any atom is -0.477 e. The first-order valence-electron chi connectivity index (χ1n) is 7.37. The average Bonchev–Trinajstić information content (AvgIpc) is 2.52. The highest BCUT2D eigenvalue weighted by Crippen LogP contribution is 2.32. The van der Waals surface area contributed by atoms with E-state index < -0.39 is 6.10 Å². The van der Waals surface area contributed by atoms with Gasteiger partial charge in [-0.05, 0) is 25.0 Å². The summed E-state index contributed by atoms with van der Waals surface area (Å²) < 4.78 is 5.80. The zero-order chi connectivity index (χ0) is 15.2. The molecule has 1 heterocycles. The van der Waals surface area contributed by atoms with Crippen LogP contribution in [0.4, 0.5) is 5.69 Å². The predicted octanol–water partition coefficient (Wildman–Crippen LogP) is 2.08. The Labute approximate surface area is 125 Å². The smallest absolute Gasteiger partial charge is 0.263 e. The molecule has 1 aromatic rings. The Kier molecular flexibility index (Phi) is 5.04. The number of nitrogens with one attached hydrogen (secondary N) is 1. The van der Waals surface area contributed by atoms with Crippen LogP contribution in [-0.2, 0) is 4.79 Å². The number of nitrogens with zero attached hydrogens (tertiary/aromatic N) is 2. The molecule has 0 saturated carbocycles. The van der Waals surface area contributed by atoms with Gasteiger partial charge in [0.05, 0.1) is 18.3 Å². The van der Waals surface area contributed by atoms with E-state index in [-0.39, 0.29) is 18.5 Å². The number of fused-ring (bicyclic) bond motifs is 1. The summed E-state index contributed by atoms with van der Waals surface area (Å²) >= 11 is 0. The summed E-state index contributed by atoms with van der Waals surface area (Å²) in [6.07, 6.45) is 1.22. The number of para-hydroxylation sites is 2. The SMILES string of the molecule is CCC(CC)NC(=O)[C@@H]1CN(CC#N)c2ccccc2O1. The Balaban J connectivity index is 2.14. The molecule has 5 heteroatoms. The highest BCUT2D eigenvalue weighted by Gasteiger charge is 2.31. The van der Waals surface area contributed by atoms with Crippen LogP contribution in [0.1, 0.15) is 26.7 Å². The van der Waals surface area contributed by atoms with Crippen LogP contribution in [0.3, 0.4) is 0 Å². The van der Waals surface area contributed by atoms with Crippen LogP contribution < -0.4 is 15.0 Å². The highest BCUT2D eigenvalue weighted by atomic mass is 16.5. The third kappa shape index (κ3) is 3.46. The van der Waals surface area contributed by atoms with Crippen LogP contribution in [0.5, 0.6) is 5.75 Å². The van der Waals surface area contributed by atoms with Gasteiger partial charge in [-0.2, -0.15) is 5.26 Å². The van der Waals surface area contributed by atoms with E-state index in [0.717, 1.165) is 18.5 Å². The van der Waals surface area contributed by atoms with E-state index in [0.29, 0.717) is 12.3 Å². The Hall–Kier alpha value is -2.22. The van der Waals surface area contributed by atoms with E-state index in [2.05, 4.69) is 11.4 Å². The van der Waals surface area contributed by atoms with E-state index in [1.807, 2.05) is 43.0 Å². The number of carbonyl (C=O) groups is 1. The number of amides is 1. The fourth-order valence-electron chi connectivity index (χ4n) is 2.47. The molecule has 2 rings (SSSR count). The van der Waals surface area contributed by atoms with Gasteiger partial charge in [-0.25, -0.2) is 0 Å². The van der Waals surface area contributed by atoms with Crippen molar-refractivity contribution in [1.82, 2.24) is 5.32 Å². The Bertz CT molecular complexity index is 535. The van der Waals surface area contributed by atoms with Gasteiger partial charge in [0, 0.05) is 6.04 Å². The molecule has 0 saturated heterocycles. The van der Waals surface area contributed by atoms with Crippen molar-refractivity contribution in [2.45, 2.75) is 38.8 Å². The third-order valence-electron chi connectivity index (χ3n) is 3.75. The zero-order valence-corrected chi connectivity index (χ0v) is 12.5. The van der Waals surface area contributed by atoms with Crippen molar-refractivity contribution in [2.75, 3.05) is 18.0 Å². The normalized spacial score (nSPS) is 16.9. The molecular formula is C16H21N3O2. The maximum Gasteiger partial charge on any atom is 0.263 e. The highest BCUT2D eigenvalue weighted by molar-refractivity contribution is 5.83. The number of ether oxygens (including phenoxy) is 1. The van der Waals surface area contributed by atoms with Crippen molar-refractivity contribution in [3.05, 3.63) is 24.3 Å². The van der Waals surface area contributed by atoms with Crippen LogP contribution in [0.2, 0.25) is 0 Å². The minimum atomic E-state index is -0.575. The molecule has 1 aromatic carbocycles. The fraction of sp³-hybridized carbons (Fsp3) is 0.500. The first kappa shape index (κ1) is 15.2. The fourth-order valence-corrected chi connectivity index (χ4v) is 2.47. The summed E-state index contributed by atoms with van der Waals surface area (Å²) in [5, 5.41) is 12.0. The van der Waals surface area contributed by atoms with E-state index in [9.17, 15) is 4.79 Å². The van der Waals surface area contributed by atoms with Crippen molar-refractivity contribution in [2.24, 2.45) is 0 Å². The molecule has 0 fully saturated rings. The van der Waals surface area contributed by atoms with Crippen molar-refractivity contribution < 1.29 is 9.53 Å². The lowest BCUT2D eigenvalue weighted by atomic mass is 10.1. The Morgan fingerprint density at radius 1 is 1.48 bits per heavy atom. The molecule has 21 heavy (non-hydrogen) atoms. The molecule has 0 aromatic heterocycles. The van der Waals surface area contributed by atoms with Gasteiger partial charge in [0.2, 0.25) is 0 Å². The first-order chi connectivity index (χ1) is 10.2. The lowest BCUT2D eigenvalue weighted by Gasteiger charge is -2.34. The minimum absolute atomic E-state index is 0.110. The van der Waals surface area contributed by atoms with Gasteiger partial charge in [-0.3, -0.25) is 4.79 Å². The van der Waals surface area contributed by atoms with Crippen LogP contribution in [0.25, 0.3) is 0 Å². The molecule has 5 nitrogen and oxygen atoms in total. The molecule has 0 bridgehead atoms. The maximum absolute atomic E-state index is 12.3. The topological polar surface area (TPSA) is 65.4 Å². The van der Waals surface area contributed by atoms with Crippen molar-refractivity contribution in [3.63, 3.8) is 0 Å². The average molecular weight is 287 g/mol. The summed E-state index contributed by atoms with van der Waals surface area (Å²) in [6, 6.07) is 9.81. The molecule has 0 aliphatic carbocycles. The second-order valence-electron chi connectivity index (χ2n) is 5.13. The van der Waals surface area contributed by atoms with Gasteiger partial charge >= 0.3 is 0 Å². The molecule has 0 spiro atoms. The van der Waals surface area contributed by atoms with Crippen LogP contribution in [-0.4, -0.2) is 31.1 Å². The quantitative estimate of drug-likeness (QED) is 0.842. The van der Waals surface area contributed by atoms with E-state index in [1.54, 1.807) is 0 Å². The van der Waals surface area contributed by atoms with Gasteiger partial charge in [0.1, 0.15) is 12.3 Å². The summed E-state index contributed by atoms with van der Waals surface area (Å²) in [5.41, 5.74) is 0.866. The second kappa shape index (κ2) is 6.98. The maximum atomic E-state index is 12.3. The van der Waals surface area contributed by atoms with Crippen molar-refractivity contribution in [3.8, 4) is 11.8 Å². The predicted molar refractivity (Wildman–Crippen MR) is 81.2 cm³/mol. The van der Waals surface area contributed by atoms with Gasteiger partial charge in [-0.15, -0.1) is 0 Å². The van der Waals surface area contributed by atoms with Gasteiger partial charge in [0.25, 0.3) is 5.91 Å². The molecule has 112 valence electrons. The lowest BCUT2D eigenvalue weighted by Crippen LogP contribution is -2.51.